The molecule has 0 spiro atoms. The number of carbonyl (C=O) groups excluding carboxylic acids is 1. The van der Waals surface area contributed by atoms with Crippen molar-refractivity contribution in [3.8, 4) is 0 Å². The molecule has 1 amide bonds. The monoisotopic (exact) mass is 447 g/mol. The van der Waals surface area contributed by atoms with Crippen LogP contribution in [-0.2, 0) is 11.0 Å². The Hall–Kier alpha value is -2.84. The van der Waals surface area contributed by atoms with Gasteiger partial charge in [0.05, 0.1) is 16.9 Å². The van der Waals surface area contributed by atoms with Crippen LogP contribution in [0.5, 0.6) is 0 Å². The van der Waals surface area contributed by atoms with Crippen molar-refractivity contribution < 1.29 is 18.0 Å². The lowest BCUT2D eigenvalue weighted by Crippen LogP contribution is -2.39. The number of carbonyl (C=O) groups is 1. The van der Waals surface area contributed by atoms with Crippen LogP contribution in [-0.4, -0.2) is 42.1 Å². The van der Waals surface area contributed by atoms with Crippen molar-refractivity contribution in [3.05, 3.63) is 41.2 Å². The number of nitrogens with one attached hydrogen (secondary N) is 1. The van der Waals surface area contributed by atoms with Crippen molar-refractivity contribution >= 4 is 23.2 Å². The first-order valence-corrected chi connectivity index (χ1v) is 11.0. The van der Waals surface area contributed by atoms with Crippen molar-refractivity contribution in [2.24, 2.45) is 5.92 Å². The summed E-state index contributed by atoms with van der Waals surface area (Å²) in [5, 5.41) is 2.81. The Morgan fingerprint density at radius 3 is 2.19 bits per heavy atom. The number of benzene rings is 1. The minimum Gasteiger partial charge on any atom is -0.370 e. The Morgan fingerprint density at radius 2 is 1.59 bits per heavy atom. The van der Waals surface area contributed by atoms with E-state index in [1.54, 1.807) is 0 Å². The van der Waals surface area contributed by atoms with Gasteiger partial charge in [-0.25, -0.2) is 9.97 Å². The van der Waals surface area contributed by atoms with Gasteiger partial charge in [-0.15, -0.1) is 0 Å². The number of alkyl halides is 3. The Kier molecular flexibility index (Phi) is 6.26. The van der Waals surface area contributed by atoms with E-state index in [1.807, 2.05) is 24.8 Å². The predicted molar refractivity (Wildman–Crippen MR) is 118 cm³/mol. The molecule has 4 rings (SSSR count). The van der Waals surface area contributed by atoms with Crippen LogP contribution >= 0.6 is 0 Å². The molecule has 0 saturated carbocycles. The molecule has 0 atom stereocenters. The molecule has 1 N–H and O–H groups in total. The largest absolute Gasteiger partial charge is 0.416 e. The number of hydrogen-bond acceptors (Lipinski definition) is 5. The Bertz CT molecular complexity index is 960. The van der Waals surface area contributed by atoms with Gasteiger partial charge in [0.1, 0.15) is 0 Å². The number of rotatable bonds is 4. The van der Waals surface area contributed by atoms with Crippen LogP contribution in [0.25, 0.3) is 0 Å². The molecule has 9 heteroatoms. The van der Waals surface area contributed by atoms with Gasteiger partial charge in [-0.1, -0.05) is 0 Å². The van der Waals surface area contributed by atoms with E-state index in [4.69, 9.17) is 0 Å². The van der Waals surface area contributed by atoms with E-state index in [1.165, 1.54) is 6.07 Å². The fourth-order valence-electron chi connectivity index (χ4n) is 4.47. The smallest absolute Gasteiger partial charge is 0.370 e. The molecular formula is C23H28F3N5O. The summed E-state index contributed by atoms with van der Waals surface area (Å²) in [4.78, 5) is 26.1. The minimum atomic E-state index is -4.46. The predicted octanol–water partition coefficient (Wildman–Crippen LogP) is 4.57. The number of hydrogen-bond donors (Lipinski definition) is 1. The lowest BCUT2D eigenvalue weighted by molar-refractivity contribution is -0.137. The quantitative estimate of drug-likeness (QED) is 0.744. The number of halogens is 3. The SMILES string of the molecule is Cc1cc(C)nc(N2CCC(C(=O)Nc3cc(C(F)(F)F)ccc3N3CCCC3)CC2)n1. The number of piperidine rings is 1. The number of amides is 1. The van der Waals surface area contributed by atoms with Crippen molar-refractivity contribution in [2.45, 2.75) is 45.7 Å². The Labute approximate surface area is 185 Å². The number of nitrogens with zero attached hydrogens (tertiary/aromatic N) is 4. The summed E-state index contributed by atoms with van der Waals surface area (Å²) in [6.45, 7) is 6.66. The van der Waals surface area contributed by atoms with Crippen LogP contribution in [0.2, 0.25) is 0 Å². The first-order chi connectivity index (χ1) is 15.2. The van der Waals surface area contributed by atoms with E-state index in [2.05, 4.69) is 20.2 Å². The highest BCUT2D eigenvalue weighted by molar-refractivity contribution is 5.96. The number of aryl methyl sites for hydroxylation is 2. The van der Waals surface area contributed by atoms with Crippen molar-refractivity contribution in [1.82, 2.24) is 9.97 Å². The molecule has 2 aromatic rings. The maximum Gasteiger partial charge on any atom is 0.416 e. The molecule has 3 heterocycles. The highest BCUT2D eigenvalue weighted by Gasteiger charge is 2.33. The summed E-state index contributed by atoms with van der Waals surface area (Å²) in [6.07, 6.45) is -1.28. The second-order valence-electron chi connectivity index (χ2n) is 8.63. The lowest BCUT2D eigenvalue weighted by Gasteiger charge is -2.32. The van der Waals surface area contributed by atoms with E-state index in [0.29, 0.717) is 37.6 Å². The van der Waals surface area contributed by atoms with Crippen molar-refractivity contribution in [1.29, 1.82) is 0 Å². The van der Waals surface area contributed by atoms with Crippen molar-refractivity contribution in [3.63, 3.8) is 0 Å². The summed E-state index contributed by atoms with van der Waals surface area (Å²) >= 11 is 0. The molecular weight excluding hydrogens is 419 g/mol. The first-order valence-electron chi connectivity index (χ1n) is 11.0. The van der Waals surface area contributed by atoms with Crippen LogP contribution in [0.3, 0.4) is 0 Å². The lowest BCUT2D eigenvalue weighted by atomic mass is 9.96. The fourth-order valence-corrected chi connectivity index (χ4v) is 4.47. The summed E-state index contributed by atoms with van der Waals surface area (Å²) < 4.78 is 39.9. The second-order valence-corrected chi connectivity index (χ2v) is 8.63. The standard InChI is InChI=1S/C23H28F3N5O/c1-15-13-16(2)28-22(27-15)31-11-7-17(8-12-31)21(32)29-19-14-18(23(24,25)26)5-6-20(19)30-9-3-4-10-30/h5-6,13-14,17H,3-4,7-12H2,1-2H3,(H,29,32). The van der Waals surface area contributed by atoms with Gasteiger partial charge in [0.2, 0.25) is 11.9 Å². The van der Waals surface area contributed by atoms with E-state index < -0.39 is 11.7 Å². The Balaban J connectivity index is 1.46. The molecule has 0 bridgehead atoms. The summed E-state index contributed by atoms with van der Waals surface area (Å²) in [5.41, 5.74) is 1.94. The average Bonchev–Trinajstić information content (AvgIpc) is 3.27. The van der Waals surface area contributed by atoms with Gasteiger partial charge >= 0.3 is 6.18 Å². The van der Waals surface area contributed by atoms with E-state index in [0.717, 1.165) is 49.5 Å². The molecule has 32 heavy (non-hydrogen) atoms. The highest BCUT2D eigenvalue weighted by atomic mass is 19.4. The van der Waals surface area contributed by atoms with E-state index in [9.17, 15) is 18.0 Å². The summed E-state index contributed by atoms with van der Waals surface area (Å²) in [5.74, 6) is 0.166. The molecule has 0 aliphatic carbocycles. The molecule has 6 nitrogen and oxygen atoms in total. The van der Waals surface area contributed by atoms with Gasteiger partial charge < -0.3 is 15.1 Å². The van der Waals surface area contributed by atoms with Crippen LogP contribution in [0.1, 0.15) is 42.6 Å². The van der Waals surface area contributed by atoms with E-state index >= 15 is 0 Å². The van der Waals surface area contributed by atoms with Gasteiger partial charge in [0.25, 0.3) is 0 Å². The van der Waals surface area contributed by atoms with Gasteiger partial charge in [-0.3, -0.25) is 4.79 Å². The van der Waals surface area contributed by atoms with Crippen LogP contribution < -0.4 is 15.1 Å². The highest BCUT2D eigenvalue weighted by Crippen LogP contribution is 2.37. The maximum absolute atomic E-state index is 13.3. The third-order valence-electron chi connectivity index (χ3n) is 6.15. The molecule has 0 radical (unpaired) electrons. The minimum absolute atomic E-state index is 0.231. The van der Waals surface area contributed by atoms with Crippen LogP contribution in [0, 0.1) is 19.8 Å². The molecule has 2 fully saturated rings. The topological polar surface area (TPSA) is 61.4 Å². The van der Waals surface area contributed by atoms with Crippen molar-refractivity contribution in [2.75, 3.05) is 41.3 Å². The fraction of sp³-hybridized carbons (Fsp3) is 0.522. The molecule has 2 aliphatic heterocycles. The van der Waals surface area contributed by atoms with E-state index in [-0.39, 0.29) is 17.5 Å². The zero-order valence-electron chi connectivity index (χ0n) is 18.4. The molecule has 1 aromatic heterocycles. The molecule has 172 valence electrons. The van der Waals surface area contributed by atoms with Crippen LogP contribution in [0.15, 0.2) is 24.3 Å². The Morgan fingerprint density at radius 1 is 0.969 bits per heavy atom. The van der Waals surface area contributed by atoms with Crippen LogP contribution in [0.4, 0.5) is 30.5 Å². The third kappa shape index (κ3) is 4.97. The van der Waals surface area contributed by atoms with Gasteiger partial charge in [-0.05, 0) is 63.8 Å². The molecule has 1 aromatic carbocycles. The normalized spacial score (nSPS) is 17.7. The van der Waals surface area contributed by atoms with Gasteiger partial charge in [0.15, 0.2) is 0 Å². The summed E-state index contributed by atoms with van der Waals surface area (Å²) in [7, 11) is 0. The number of anilines is 3. The average molecular weight is 448 g/mol. The van der Waals surface area contributed by atoms with Gasteiger partial charge in [0, 0.05) is 43.5 Å². The number of aromatic nitrogens is 2. The summed E-state index contributed by atoms with van der Waals surface area (Å²) in [6, 6.07) is 5.54. The first kappa shape index (κ1) is 22.4. The maximum atomic E-state index is 13.3. The molecule has 2 aliphatic rings. The van der Waals surface area contributed by atoms with Gasteiger partial charge in [-0.2, -0.15) is 13.2 Å². The zero-order chi connectivity index (χ0) is 22.9. The zero-order valence-corrected chi connectivity index (χ0v) is 18.4. The third-order valence-corrected chi connectivity index (χ3v) is 6.15. The molecule has 0 unspecified atom stereocenters. The molecule has 2 saturated heterocycles. The second kappa shape index (κ2) is 8.96.